The Bertz CT molecular complexity index is 971. The zero-order valence-electron chi connectivity index (χ0n) is 16.3. The Kier molecular flexibility index (Phi) is 5.68. The Hall–Kier alpha value is -2.57. The Morgan fingerprint density at radius 3 is 2.37 bits per heavy atom. The Morgan fingerprint density at radius 2 is 1.70 bits per heavy atom. The van der Waals surface area contributed by atoms with Crippen molar-refractivity contribution in [3.8, 4) is 5.75 Å². The van der Waals surface area contributed by atoms with E-state index in [0.29, 0.717) is 6.04 Å². The summed E-state index contributed by atoms with van der Waals surface area (Å²) in [5.41, 5.74) is 3.46. The second-order valence-corrected chi connectivity index (χ2v) is 7.16. The molecule has 6 nitrogen and oxygen atoms in total. The van der Waals surface area contributed by atoms with Crippen LogP contribution in [0.25, 0.3) is 11.0 Å². The van der Waals surface area contributed by atoms with E-state index < -0.39 is 6.10 Å². The quantitative estimate of drug-likeness (QED) is 0.671. The summed E-state index contributed by atoms with van der Waals surface area (Å²) in [6.45, 7) is 5.19. The minimum Gasteiger partial charge on any atom is -0.491 e. The average Bonchev–Trinajstić information content (AvgIpc) is 2.89. The van der Waals surface area contributed by atoms with Crippen molar-refractivity contribution in [3.05, 3.63) is 64.1 Å². The summed E-state index contributed by atoms with van der Waals surface area (Å²) >= 11 is 0. The van der Waals surface area contributed by atoms with Crippen LogP contribution in [-0.2, 0) is 20.6 Å². The first kappa shape index (κ1) is 19.2. The van der Waals surface area contributed by atoms with Gasteiger partial charge in [-0.25, -0.2) is 4.79 Å². The fourth-order valence-electron chi connectivity index (χ4n) is 3.03. The summed E-state index contributed by atoms with van der Waals surface area (Å²) in [7, 11) is 3.47. The number of aliphatic hydroxyl groups excluding tert-OH is 1. The molecule has 2 N–H and O–H groups in total. The summed E-state index contributed by atoms with van der Waals surface area (Å²) in [4.78, 5) is 12.0. The molecule has 144 valence electrons. The number of rotatable bonds is 7. The van der Waals surface area contributed by atoms with E-state index in [1.165, 1.54) is 5.56 Å². The lowest BCUT2D eigenvalue weighted by atomic mass is 10.1. The second-order valence-electron chi connectivity index (χ2n) is 7.16. The van der Waals surface area contributed by atoms with Crippen molar-refractivity contribution < 1.29 is 9.84 Å². The predicted octanol–water partition coefficient (Wildman–Crippen LogP) is 2.49. The molecule has 1 heterocycles. The van der Waals surface area contributed by atoms with Crippen LogP contribution in [-0.4, -0.2) is 26.9 Å². The highest BCUT2D eigenvalue weighted by Gasteiger charge is 2.13. The van der Waals surface area contributed by atoms with Gasteiger partial charge in [0.15, 0.2) is 0 Å². The van der Waals surface area contributed by atoms with E-state index in [0.717, 1.165) is 28.9 Å². The molecule has 0 fully saturated rings. The molecular weight excluding hydrogens is 342 g/mol. The van der Waals surface area contributed by atoms with Crippen LogP contribution in [0.5, 0.6) is 5.75 Å². The highest BCUT2D eigenvalue weighted by molar-refractivity contribution is 5.76. The molecule has 0 saturated heterocycles. The van der Waals surface area contributed by atoms with Gasteiger partial charge >= 0.3 is 5.69 Å². The normalized spacial score (nSPS) is 12.7. The number of benzene rings is 2. The third-order valence-electron chi connectivity index (χ3n) is 4.73. The molecule has 0 aliphatic heterocycles. The summed E-state index contributed by atoms with van der Waals surface area (Å²) in [6, 6.07) is 13.8. The molecule has 0 aliphatic carbocycles. The number of ether oxygens (including phenoxy) is 1. The number of aryl methyl sites for hydroxylation is 2. The summed E-state index contributed by atoms with van der Waals surface area (Å²) in [5.74, 6) is 0.718. The van der Waals surface area contributed by atoms with Crippen LogP contribution in [0.4, 0.5) is 0 Å². The van der Waals surface area contributed by atoms with Crippen molar-refractivity contribution in [1.82, 2.24) is 14.5 Å². The van der Waals surface area contributed by atoms with Gasteiger partial charge < -0.3 is 15.2 Å². The molecule has 1 atom stereocenters. The second kappa shape index (κ2) is 7.98. The first-order chi connectivity index (χ1) is 12.9. The number of nitrogens with one attached hydrogen (secondary N) is 1. The van der Waals surface area contributed by atoms with E-state index in [1.54, 1.807) is 23.2 Å². The van der Waals surface area contributed by atoms with E-state index in [2.05, 4.69) is 19.2 Å². The SMILES string of the molecule is CC(C)NCc1ccc(OCC(O)c2ccc3c(c2)n(C)c(=O)n3C)cc1. The van der Waals surface area contributed by atoms with E-state index >= 15 is 0 Å². The zero-order chi connectivity index (χ0) is 19.6. The number of nitrogens with zero attached hydrogens (tertiary/aromatic N) is 2. The van der Waals surface area contributed by atoms with Crippen molar-refractivity contribution in [2.75, 3.05) is 6.61 Å². The summed E-state index contributed by atoms with van der Waals surface area (Å²) in [5, 5.41) is 13.8. The highest BCUT2D eigenvalue weighted by Crippen LogP contribution is 2.21. The van der Waals surface area contributed by atoms with Gasteiger partial charge in [0, 0.05) is 26.7 Å². The summed E-state index contributed by atoms with van der Waals surface area (Å²) in [6.07, 6.45) is -0.771. The zero-order valence-corrected chi connectivity index (χ0v) is 16.3. The number of hydrogen-bond donors (Lipinski definition) is 2. The Labute approximate surface area is 159 Å². The van der Waals surface area contributed by atoms with E-state index in [-0.39, 0.29) is 12.3 Å². The van der Waals surface area contributed by atoms with Crippen LogP contribution < -0.4 is 15.7 Å². The number of imidazole rings is 1. The van der Waals surface area contributed by atoms with Gasteiger partial charge in [-0.3, -0.25) is 9.13 Å². The van der Waals surface area contributed by atoms with Gasteiger partial charge in [-0.05, 0) is 35.4 Å². The van der Waals surface area contributed by atoms with E-state index in [4.69, 9.17) is 4.74 Å². The average molecular weight is 369 g/mol. The lowest BCUT2D eigenvalue weighted by molar-refractivity contribution is 0.108. The third-order valence-corrected chi connectivity index (χ3v) is 4.73. The molecule has 0 bridgehead atoms. The number of aliphatic hydroxyl groups is 1. The maximum Gasteiger partial charge on any atom is 0.328 e. The van der Waals surface area contributed by atoms with Crippen LogP contribution in [0.15, 0.2) is 47.3 Å². The van der Waals surface area contributed by atoms with Crippen LogP contribution in [0.1, 0.15) is 31.1 Å². The number of fused-ring (bicyclic) bond motifs is 1. The Balaban J connectivity index is 1.65. The van der Waals surface area contributed by atoms with Gasteiger partial charge in [-0.15, -0.1) is 0 Å². The minimum atomic E-state index is -0.771. The van der Waals surface area contributed by atoms with Gasteiger partial charge in [0.05, 0.1) is 11.0 Å². The van der Waals surface area contributed by atoms with Crippen molar-refractivity contribution in [1.29, 1.82) is 0 Å². The molecule has 3 aromatic rings. The van der Waals surface area contributed by atoms with Gasteiger partial charge in [0.1, 0.15) is 18.5 Å². The third kappa shape index (κ3) is 4.23. The largest absolute Gasteiger partial charge is 0.491 e. The highest BCUT2D eigenvalue weighted by atomic mass is 16.5. The number of hydrogen-bond acceptors (Lipinski definition) is 4. The molecule has 2 aromatic carbocycles. The smallest absolute Gasteiger partial charge is 0.328 e. The first-order valence-electron chi connectivity index (χ1n) is 9.15. The monoisotopic (exact) mass is 369 g/mol. The lowest BCUT2D eigenvalue weighted by Gasteiger charge is -2.14. The maximum absolute atomic E-state index is 12.0. The first-order valence-corrected chi connectivity index (χ1v) is 9.15. The van der Waals surface area contributed by atoms with E-state index in [1.807, 2.05) is 42.5 Å². The standard InChI is InChI=1S/C21H27N3O3/c1-14(2)22-12-15-5-8-17(9-6-15)27-13-20(25)16-7-10-18-19(11-16)24(4)21(26)23(18)3/h5-11,14,20,22,25H,12-13H2,1-4H3. The molecule has 0 radical (unpaired) electrons. The molecule has 0 aliphatic rings. The van der Waals surface area contributed by atoms with Crippen LogP contribution in [0.2, 0.25) is 0 Å². The maximum atomic E-state index is 12.0. The molecule has 0 amide bonds. The topological polar surface area (TPSA) is 68.4 Å². The van der Waals surface area contributed by atoms with Crippen LogP contribution in [0.3, 0.4) is 0 Å². The molecule has 1 aromatic heterocycles. The van der Waals surface area contributed by atoms with Gasteiger partial charge in [-0.2, -0.15) is 0 Å². The van der Waals surface area contributed by atoms with Gasteiger partial charge in [0.2, 0.25) is 0 Å². The predicted molar refractivity (Wildman–Crippen MR) is 107 cm³/mol. The lowest BCUT2D eigenvalue weighted by Crippen LogP contribution is -2.21. The van der Waals surface area contributed by atoms with Crippen molar-refractivity contribution >= 4 is 11.0 Å². The molecule has 6 heteroatoms. The number of aromatic nitrogens is 2. The van der Waals surface area contributed by atoms with Crippen molar-refractivity contribution in [3.63, 3.8) is 0 Å². The molecule has 27 heavy (non-hydrogen) atoms. The summed E-state index contributed by atoms with van der Waals surface area (Å²) < 4.78 is 8.90. The van der Waals surface area contributed by atoms with Crippen LogP contribution >= 0.6 is 0 Å². The van der Waals surface area contributed by atoms with Crippen LogP contribution in [0, 0.1) is 0 Å². The molecular formula is C21H27N3O3. The fraction of sp³-hybridized carbons (Fsp3) is 0.381. The minimum absolute atomic E-state index is 0.0834. The Morgan fingerprint density at radius 1 is 1.04 bits per heavy atom. The van der Waals surface area contributed by atoms with Gasteiger partial charge in [-0.1, -0.05) is 32.0 Å². The molecule has 0 spiro atoms. The molecule has 1 unspecified atom stereocenters. The fourth-order valence-corrected chi connectivity index (χ4v) is 3.03. The van der Waals surface area contributed by atoms with Gasteiger partial charge in [0.25, 0.3) is 0 Å². The molecule has 0 saturated carbocycles. The van der Waals surface area contributed by atoms with E-state index in [9.17, 15) is 9.90 Å². The van der Waals surface area contributed by atoms with Crippen molar-refractivity contribution in [2.45, 2.75) is 32.5 Å². The molecule has 3 rings (SSSR count). The van der Waals surface area contributed by atoms with Crippen molar-refractivity contribution in [2.24, 2.45) is 14.1 Å².